The highest BCUT2D eigenvalue weighted by Crippen LogP contribution is 2.34. The van der Waals surface area contributed by atoms with E-state index in [1.807, 2.05) is 42.5 Å². The zero-order chi connectivity index (χ0) is 23.1. The highest BCUT2D eigenvalue weighted by atomic mass is 16.5. The van der Waals surface area contributed by atoms with E-state index in [1.54, 1.807) is 29.8 Å². The second kappa shape index (κ2) is 8.11. The van der Waals surface area contributed by atoms with Crippen LogP contribution in [0, 0.1) is 0 Å². The number of benzene rings is 2. The number of methoxy groups -OCH3 is 1. The standard InChI is InChI=1S/C25H20N6O3/c1-33-16-10-8-15(9-11-16)22-29-23-18-5-4-7-20(34-17-12-13-17)21(18)28-25(31(23)30-22)27-19-6-2-3-14-26-24(19)32/h2-11,14,17H,12-13H2,1H3,(H,26,27,28,32). The molecule has 0 atom stereocenters. The van der Waals surface area contributed by atoms with E-state index in [9.17, 15) is 4.79 Å². The van der Waals surface area contributed by atoms with Crippen molar-refractivity contribution in [1.82, 2.24) is 24.6 Å². The number of nitrogens with one attached hydrogen (secondary N) is 1. The van der Waals surface area contributed by atoms with Crippen molar-refractivity contribution in [2.45, 2.75) is 18.9 Å². The van der Waals surface area contributed by atoms with Crippen molar-refractivity contribution in [3.63, 3.8) is 0 Å². The first-order chi connectivity index (χ1) is 16.7. The topological polar surface area (TPSA) is 104 Å². The third-order valence-electron chi connectivity index (χ3n) is 5.56. The molecule has 3 aromatic heterocycles. The summed E-state index contributed by atoms with van der Waals surface area (Å²) >= 11 is 0. The number of ether oxygens (including phenoxy) is 2. The number of fused-ring (bicyclic) bond motifs is 3. The summed E-state index contributed by atoms with van der Waals surface area (Å²) in [6, 6.07) is 18.4. The summed E-state index contributed by atoms with van der Waals surface area (Å²) in [5, 5.41) is 8.62. The third kappa shape index (κ3) is 3.66. The Balaban J connectivity index is 1.57. The van der Waals surface area contributed by atoms with Gasteiger partial charge in [0.1, 0.15) is 22.7 Å². The molecule has 0 aliphatic heterocycles. The van der Waals surface area contributed by atoms with Gasteiger partial charge in [0.15, 0.2) is 11.5 Å². The second-order valence-electron chi connectivity index (χ2n) is 7.98. The van der Waals surface area contributed by atoms with E-state index in [2.05, 4.69) is 10.3 Å². The average molecular weight is 452 g/mol. The fourth-order valence-corrected chi connectivity index (χ4v) is 3.68. The maximum Gasteiger partial charge on any atom is 0.293 e. The van der Waals surface area contributed by atoms with Crippen molar-refractivity contribution in [2.24, 2.45) is 0 Å². The van der Waals surface area contributed by atoms with Gasteiger partial charge in [0.05, 0.1) is 13.2 Å². The number of hydrogen-bond acceptors (Lipinski definition) is 8. The maximum absolute atomic E-state index is 12.4. The molecule has 3 heterocycles. The van der Waals surface area contributed by atoms with Gasteiger partial charge in [-0.25, -0.2) is 15.0 Å². The first-order valence-electron chi connectivity index (χ1n) is 10.9. The molecule has 0 spiro atoms. The van der Waals surface area contributed by atoms with Crippen LogP contribution in [0.5, 0.6) is 11.5 Å². The summed E-state index contributed by atoms with van der Waals surface area (Å²) in [4.78, 5) is 26.0. The van der Waals surface area contributed by atoms with Crippen LogP contribution in [0.25, 0.3) is 27.9 Å². The Kier molecular flexibility index (Phi) is 4.80. The van der Waals surface area contributed by atoms with Crippen LogP contribution < -0.4 is 20.3 Å². The summed E-state index contributed by atoms with van der Waals surface area (Å²) in [6.07, 6.45) is 3.72. The molecule has 5 aromatic rings. The zero-order valence-corrected chi connectivity index (χ0v) is 18.3. The summed E-state index contributed by atoms with van der Waals surface area (Å²) in [7, 11) is 1.62. The molecular weight excluding hydrogens is 432 g/mol. The Hall–Kier alpha value is -4.53. The zero-order valence-electron chi connectivity index (χ0n) is 18.3. The normalized spacial score (nSPS) is 13.2. The molecule has 0 saturated heterocycles. The van der Waals surface area contributed by atoms with Crippen LogP contribution in [0.15, 0.2) is 71.7 Å². The van der Waals surface area contributed by atoms with Crippen molar-refractivity contribution in [1.29, 1.82) is 0 Å². The molecule has 0 amide bonds. The highest BCUT2D eigenvalue weighted by molar-refractivity contribution is 5.96. The fraction of sp³-hybridized carbons (Fsp3) is 0.160. The number of rotatable bonds is 6. The van der Waals surface area contributed by atoms with Crippen LogP contribution in [-0.2, 0) is 0 Å². The molecule has 168 valence electrons. The van der Waals surface area contributed by atoms with Gasteiger partial charge in [-0.05, 0) is 61.4 Å². The Morgan fingerprint density at radius 1 is 1.00 bits per heavy atom. The monoisotopic (exact) mass is 452 g/mol. The molecule has 1 aliphatic carbocycles. The molecule has 0 bridgehead atoms. The lowest BCUT2D eigenvalue weighted by molar-refractivity contribution is 0.306. The van der Waals surface area contributed by atoms with E-state index >= 15 is 0 Å². The fourth-order valence-electron chi connectivity index (χ4n) is 3.68. The van der Waals surface area contributed by atoms with E-state index in [4.69, 9.17) is 24.5 Å². The van der Waals surface area contributed by atoms with Gasteiger partial charge < -0.3 is 14.8 Å². The predicted molar refractivity (Wildman–Crippen MR) is 128 cm³/mol. The molecule has 1 N–H and O–H groups in total. The first-order valence-corrected chi connectivity index (χ1v) is 10.9. The highest BCUT2D eigenvalue weighted by Gasteiger charge is 2.25. The second-order valence-corrected chi connectivity index (χ2v) is 7.98. The van der Waals surface area contributed by atoms with Crippen LogP contribution in [0.1, 0.15) is 12.8 Å². The van der Waals surface area contributed by atoms with Gasteiger partial charge in [0.25, 0.3) is 5.56 Å². The van der Waals surface area contributed by atoms with E-state index in [1.165, 1.54) is 6.20 Å². The molecule has 34 heavy (non-hydrogen) atoms. The van der Waals surface area contributed by atoms with Crippen LogP contribution in [0.3, 0.4) is 0 Å². The molecule has 9 heteroatoms. The van der Waals surface area contributed by atoms with E-state index < -0.39 is 5.56 Å². The molecule has 1 fully saturated rings. The Morgan fingerprint density at radius 3 is 2.65 bits per heavy atom. The number of anilines is 2. The molecule has 2 aromatic carbocycles. The first kappa shape index (κ1) is 20.1. The summed E-state index contributed by atoms with van der Waals surface area (Å²) < 4.78 is 13.0. The summed E-state index contributed by atoms with van der Waals surface area (Å²) in [5.74, 6) is 2.29. The number of aromatic nitrogens is 5. The minimum absolute atomic E-state index is 0.207. The molecule has 0 radical (unpaired) electrons. The van der Waals surface area contributed by atoms with Gasteiger partial charge in [-0.3, -0.25) is 4.79 Å². The molecule has 6 rings (SSSR count). The van der Waals surface area contributed by atoms with Crippen molar-refractivity contribution in [2.75, 3.05) is 12.4 Å². The van der Waals surface area contributed by atoms with Crippen LogP contribution in [0.2, 0.25) is 0 Å². The lowest BCUT2D eigenvalue weighted by Gasteiger charge is -2.11. The number of para-hydroxylation sites is 1. The molecule has 0 unspecified atom stereocenters. The lowest BCUT2D eigenvalue weighted by atomic mass is 10.2. The van der Waals surface area contributed by atoms with E-state index in [-0.39, 0.29) is 11.8 Å². The van der Waals surface area contributed by atoms with Crippen molar-refractivity contribution < 1.29 is 9.47 Å². The van der Waals surface area contributed by atoms with Crippen molar-refractivity contribution >= 4 is 28.2 Å². The van der Waals surface area contributed by atoms with Gasteiger partial charge in [-0.2, -0.15) is 4.52 Å². The van der Waals surface area contributed by atoms with Gasteiger partial charge in [-0.1, -0.05) is 12.1 Å². The largest absolute Gasteiger partial charge is 0.497 e. The smallest absolute Gasteiger partial charge is 0.293 e. The summed E-state index contributed by atoms with van der Waals surface area (Å²) in [6.45, 7) is 0. The Bertz CT molecular complexity index is 1580. The minimum atomic E-state index is -0.405. The van der Waals surface area contributed by atoms with Crippen LogP contribution in [0.4, 0.5) is 11.6 Å². The van der Waals surface area contributed by atoms with Crippen molar-refractivity contribution in [3.05, 3.63) is 77.2 Å². The minimum Gasteiger partial charge on any atom is -0.497 e. The van der Waals surface area contributed by atoms with E-state index in [0.29, 0.717) is 28.7 Å². The molecule has 1 aliphatic rings. The molecule has 1 saturated carbocycles. The maximum atomic E-state index is 12.4. The third-order valence-corrected chi connectivity index (χ3v) is 5.56. The van der Waals surface area contributed by atoms with Crippen molar-refractivity contribution in [3.8, 4) is 22.9 Å². The Labute approximate surface area is 194 Å². The lowest BCUT2D eigenvalue weighted by Crippen LogP contribution is -2.12. The molecule has 9 nitrogen and oxygen atoms in total. The van der Waals surface area contributed by atoms with Gasteiger partial charge in [0.2, 0.25) is 5.95 Å². The summed E-state index contributed by atoms with van der Waals surface area (Å²) in [5.41, 5.74) is 1.95. The van der Waals surface area contributed by atoms with Gasteiger partial charge in [0, 0.05) is 17.1 Å². The SMILES string of the molecule is COc1ccc(-c2nc3c4cccc(OC5CC5)c4nc(Nc4ccccnc4=O)n3n2)cc1. The number of nitrogens with zero attached hydrogens (tertiary/aromatic N) is 5. The van der Waals surface area contributed by atoms with Crippen LogP contribution in [-0.4, -0.2) is 37.8 Å². The molecular formula is C25H20N6O3. The average Bonchev–Trinajstić information content (AvgIpc) is 3.60. The number of hydrogen-bond donors (Lipinski definition) is 1. The Morgan fingerprint density at radius 2 is 1.85 bits per heavy atom. The van der Waals surface area contributed by atoms with Gasteiger partial charge in [-0.15, -0.1) is 5.10 Å². The van der Waals surface area contributed by atoms with E-state index in [0.717, 1.165) is 29.5 Å². The quantitative estimate of drug-likeness (QED) is 0.412. The predicted octanol–water partition coefficient (Wildman–Crippen LogP) is 3.99. The van der Waals surface area contributed by atoms with Gasteiger partial charge >= 0.3 is 0 Å². The van der Waals surface area contributed by atoms with Crippen LogP contribution >= 0.6 is 0 Å².